The van der Waals surface area contributed by atoms with Crippen LogP contribution in [-0.4, -0.2) is 64.9 Å². The Bertz CT molecular complexity index is 632. The summed E-state index contributed by atoms with van der Waals surface area (Å²) >= 11 is 0. The van der Waals surface area contributed by atoms with Crippen LogP contribution in [0.4, 0.5) is 5.82 Å². The van der Waals surface area contributed by atoms with E-state index in [0.717, 1.165) is 0 Å². The van der Waals surface area contributed by atoms with Crippen LogP contribution in [0, 0.1) is 5.92 Å². The van der Waals surface area contributed by atoms with Crippen molar-refractivity contribution in [3.05, 3.63) is 12.7 Å². The molecule has 0 bridgehead atoms. The van der Waals surface area contributed by atoms with Crippen LogP contribution >= 0.6 is 0 Å². The van der Waals surface area contributed by atoms with Gasteiger partial charge in [0.05, 0.1) is 31.2 Å². The molecule has 0 amide bonds. The standard InChI is InChI=1S/C11H15N5O4/c12-10-5-11(14-2-13-10)16(3-15-5)6-7(18)4(1-17)8(19)9(6)20/h2-4,6-9,17-20H,1H2,(H2,12,13,14)/t4-,6+,7+,8?,9?/m1/s1. The van der Waals surface area contributed by atoms with E-state index >= 15 is 0 Å². The Labute approximate surface area is 113 Å². The quantitative estimate of drug-likeness (QED) is 0.410. The average molecular weight is 281 g/mol. The maximum Gasteiger partial charge on any atom is 0.165 e. The summed E-state index contributed by atoms with van der Waals surface area (Å²) in [5.74, 6) is -0.637. The Balaban J connectivity index is 2.09. The van der Waals surface area contributed by atoms with Gasteiger partial charge in [0.2, 0.25) is 0 Å². The predicted octanol–water partition coefficient (Wildman–Crippen LogP) is -2.35. The van der Waals surface area contributed by atoms with E-state index in [4.69, 9.17) is 5.73 Å². The summed E-state index contributed by atoms with van der Waals surface area (Å²) in [6.45, 7) is -0.431. The van der Waals surface area contributed by atoms with Gasteiger partial charge in [0.15, 0.2) is 11.5 Å². The van der Waals surface area contributed by atoms with Crippen molar-refractivity contribution in [1.29, 1.82) is 0 Å². The molecule has 0 saturated heterocycles. The Morgan fingerprint density at radius 1 is 1.10 bits per heavy atom. The molecular weight excluding hydrogens is 266 g/mol. The number of nitrogen functional groups attached to an aromatic ring is 1. The molecule has 9 heteroatoms. The first-order chi connectivity index (χ1) is 9.56. The monoisotopic (exact) mass is 281 g/mol. The molecule has 20 heavy (non-hydrogen) atoms. The van der Waals surface area contributed by atoms with Crippen LogP contribution in [0.3, 0.4) is 0 Å². The van der Waals surface area contributed by atoms with Crippen molar-refractivity contribution in [3.63, 3.8) is 0 Å². The summed E-state index contributed by atoms with van der Waals surface area (Å²) in [6, 6.07) is -0.860. The molecule has 5 atom stereocenters. The normalized spacial score (nSPS) is 33.9. The summed E-state index contributed by atoms with van der Waals surface area (Å²) in [6.07, 6.45) is -0.964. The second-order valence-corrected chi connectivity index (χ2v) is 4.89. The van der Waals surface area contributed by atoms with Gasteiger partial charge in [0, 0.05) is 5.92 Å². The first-order valence-corrected chi connectivity index (χ1v) is 6.14. The third-order valence-electron chi connectivity index (χ3n) is 3.85. The number of aliphatic hydroxyl groups excluding tert-OH is 4. The number of rotatable bonds is 2. The molecule has 0 aliphatic heterocycles. The zero-order valence-corrected chi connectivity index (χ0v) is 10.4. The summed E-state index contributed by atoms with van der Waals surface area (Å²) in [5.41, 5.74) is 6.39. The minimum absolute atomic E-state index is 0.190. The van der Waals surface area contributed by atoms with Crippen molar-refractivity contribution in [3.8, 4) is 0 Å². The summed E-state index contributed by atoms with van der Waals surface area (Å²) < 4.78 is 1.45. The molecule has 1 aliphatic rings. The Morgan fingerprint density at radius 2 is 1.85 bits per heavy atom. The van der Waals surface area contributed by atoms with Crippen LogP contribution in [0.2, 0.25) is 0 Å². The number of aliphatic hydroxyl groups is 4. The molecule has 3 rings (SSSR count). The maximum absolute atomic E-state index is 10.2. The molecule has 2 aromatic rings. The van der Waals surface area contributed by atoms with Gasteiger partial charge < -0.3 is 30.7 Å². The van der Waals surface area contributed by atoms with E-state index in [9.17, 15) is 20.4 Å². The Kier molecular flexibility index (Phi) is 3.05. The average Bonchev–Trinajstić information content (AvgIpc) is 2.92. The zero-order chi connectivity index (χ0) is 14.4. The van der Waals surface area contributed by atoms with Crippen LogP contribution in [0.15, 0.2) is 12.7 Å². The molecule has 2 heterocycles. The number of anilines is 1. The summed E-state index contributed by atoms with van der Waals surface area (Å²) in [7, 11) is 0. The number of imidazole rings is 1. The first kappa shape index (κ1) is 13.2. The molecule has 0 radical (unpaired) electrons. The number of fused-ring (bicyclic) bond motifs is 1. The van der Waals surface area contributed by atoms with Crippen molar-refractivity contribution >= 4 is 17.0 Å². The van der Waals surface area contributed by atoms with Crippen LogP contribution in [0.25, 0.3) is 11.2 Å². The van der Waals surface area contributed by atoms with Crippen molar-refractivity contribution in [2.75, 3.05) is 12.3 Å². The molecule has 0 aromatic carbocycles. The molecule has 9 nitrogen and oxygen atoms in total. The molecule has 1 fully saturated rings. The zero-order valence-electron chi connectivity index (χ0n) is 10.4. The third kappa shape index (κ3) is 1.68. The van der Waals surface area contributed by atoms with Gasteiger partial charge >= 0.3 is 0 Å². The number of nitrogens with zero attached hydrogens (tertiary/aromatic N) is 4. The molecular formula is C11H15N5O4. The minimum Gasteiger partial charge on any atom is -0.396 e. The van der Waals surface area contributed by atoms with Crippen LogP contribution < -0.4 is 5.73 Å². The van der Waals surface area contributed by atoms with Gasteiger partial charge in [0.1, 0.15) is 17.9 Å². The SMILES string of the molecule is Nc1ncnc2c1ncn2[C@@H]1C(O)C(O)[C@H](CO)[C@@H]1O. The third-order valence-corrected chi connectivity index (χ3v) is 3.85. The summed E-state index contributed by atoms with van der Waals surface area (Å²) in [5, 5.41) is 39.3. The highest BCUT2D eigenvalue weighted by molar-refractivity contribution is 5.81. The molecule has 108 valence electrons. The Morgan fingerprint density at radius 3 is 2.50 bits per heavy atom. The van der Waals surface area contributed by atoms with Crippen LogP contribution in [0.5, 0.6) is 0 Å². The van der Waals surface area contributed by atoms with Crippen LogP contribution in [0.1, 0.15) is 6.04 Å². The first-order valence-electron chi connectivity index (χ1n) is 6.14. The van der Waals surface area contributed by atoms with Crippen molar-refractivity contribution in [2.45, 2.75) is 24.4 Å². The lowest BCUT2D eigenvalue weighted by molar-refractivity contribution is -0.00782. The molecule has 6 N–H and O–H groups in total. The number of hydrogen-bond donors (Lipinski definition) is 5. The van der Waals surface area contributed by atoms with E-state index in [-0.39, 0.29) is 5.82 Å². The van der Waals surface area contributed by atoms with E-state index in [1.165, 1.54) is 17.2 Å². The molecule has 1 aliphatic carbocycles. The second kappa shape index (κ2) is 4.63. The number of nitrogens with two attached hydrogens (primary N) is 1. The van der Waals surface area contributed by atoms with Crippen molar-refractivity contribution in [1.82, 2.24) is 19.5 Å². The van der Waals surface area contributed by atoms with Gasteiger partial charge in [-0.15, -0.1) is 0 Å². The van der Waals surface area contributed by atoms with Gasteiger partial charge in [-0.1, -0.05) is 0 Å². The molecule has 0 spiro atoms. The highest BCUT2D eigenvalue weighted by atomic mass is 16.3. The van der Waals surface area contributed by atoms with Gasteiger partial charge in [-0.3, -0.25) is 0 Å². The van der Waals surface area contributed by atoms with Gasteiger partial charge in [-0.2, -0.15) is 0 Å². The smallest absolute Gasteiger partial charge is 0.165 e. The minimum atomic E-state index is -1.24. The van der Waals surface area contributed by atoms with Gasteiger partial charge in [-0.25, -0.2) is 15.0 Å². The highest BCUT2D eigenvalue weighted by Gasteiger charge is 2.49. The van der Waals surface area contributed by atoms with E-state index < -0.39 is 36.9 Å². The van der Waals surface area contributed by atoms with Crippen LogP contribution in [-0.2, 0) is 0 Å². The van der Waals surface area contributed by atoms with E-state index in [0.29, 0.717) is 11.2 Å². The molecule has 2 aromatic heterocycles. The van der Waals surface area contributed by atoms with Crippen molar-refractivity contribution < 1.29 is 20.4 Å². The van der Waals surface area contributed by atoms with Gasteiger partial charge in [0.25, 0.3) is 0 Å². The maximum atomic E-state index is 10.2. The fourth-order valence-corrected chi connectivity index (χ4v) is 2.75. The summed E-state index contributed by atoms with van der Waals surface area (Å²) in [4.78, 5) is 11.9. The lowest BCUT2D eigenvalue weighted by atomic mass is 10.0. The predicted molar refractivity (Wildman–Crippen MR) is 67.4 cm³/mol. The fourth-order valence-electron chi connectivity index (χ4n) is 2.75. The Hall–Kier alpha value is -1.81. The highest BCUT2D eigenvalue weighted by Crippen LogP contribution is 2.37. The molecule has 2 unspecified atom stereocenters. The van der Waals surface area contributed by atoms with Crippen molar-refractivity contribution in [2.24, 2.45) is 5.92 Å². The van der Waals surface area contributed by atoms with E-state index in [2.05, 4.69) is 15.0 Å². The second-order valence-electron chi connectivity index (χ2n) is 4.89. The topological polar surface area (TPSA) is 151 Å². The lowest BCUT2D eigenvalue weighted by Crippen LogP contribution is -2.30. The van der Waals surface area contributed by atoms with E-state index in [1.807, 2.05) is 0 Å². The van der Waals surface area contributed by atoms with Gasteiger partial charge in [-0.05, 0) is 0 Å². The number of aromatic nitrogens is 4. The number of hydrogen-bond acceptors (Lipinski definition) is 8. The molecule has 1 saturated carbocycles. The van der Waals surface area contributed by atoms with E-state index in [1.54, 1.807) is 0 Å². The largest absolute Gasteiger partial charge is 0.396 e. The fraction of sp³-hybridized carbons (Fsp3) is 0.545. The lowest BCUT2D eigenvalue weighted by Gasteiger charge is -2.21.